The van der Waals surface area contributed by atoms with E-state index < -0.39 is 31.8 Å². The van der Waals surface area contributed by atoms with Gasteiger partial charge < -0.3 is 10.5 Å². The van der Waals surface area contributed by atoms with E-state index in [0.717, 1.165) is 25.2 Å². The zero-order valence-electron chi connectivity index (χ0n) is 12.1. The molecule has 0 atom stereocenters. The van der Waals surface area contributed by atoms with Crippen LogP contribution in [0, 0.1) is 11.6 Å². The number of ether oxygens (including phenoxy) is 1. The molecular formula is C14H19F2NO3S. The highest BCUT2D eigenvalue weighted by molar-refractivity contribution is 7.90. The standard InChI is InChI=1S/C14H19F2NO3S/c1-20-12-9(14(8-17)5-3-4-6-14)7-10(15)13(11(12)16)21(2,18)19/h7H,3-6,8,17H2,1-2H3. The molecule has 0 radical (unpaired) electrons. The third-order valence-electron chi connectivity index (χ3n) is 4.23. The Balaban J connectivity index is 2.75. The second kappa shape index (κ2) is 5.53. The Morgan fingerprint density at radius 2 is 1.90 bits per heavy atom. The molecule has 4 nitrogen and oxygen atoms in total. The molecule has 1 aliphatic carbocycles. The van der Waals surface area contributed by atoms with Crippen molar-refractivity contribution in [2.45, 2.75) is 36.0 Å². The maximum atomic E-state index is 14.5. The van der Waals surface area contributed by atoms with Crippen LogP contribution in [0.15, 0.2) is 11.0 Å². The largest absolute Gasteiger partial charge is 0.493 e. The normalized spacial score (nSPS) is 18.0. The van der Waals surface area contributed by atoms with Crippen molar-refractivity contribution < 1.29 is 21.9 Å². The summed E-state index contributed by atoms with van der Waals surface area (Å²) in [6.45, 7) is 0.237. The predicted molar refractivity (Wildman–Crippen MR) is 75.2 cm³/mol. The van der Waals surface area contributed by atoms with Gasteiger partial charge in [0.2, 0.25) is 0 Å². The van der Waals surface area contributed by atoms with Gasteiger partial charge in [0.15, 0.2) is 21.4 Å². The summed E-state index contributed by atoms with van der Waals surface area (Å²) in [5.74, 6) is -2.48. The number of halogens is 2. The van der Waals surface area contributed by atoms with Crippen molar-refractivity contribution in [3.8, 4) is 5.75 Å². The highest BCUT2D eigenvalue weighted by atomic mass is 32.2. The molecule has 1 fully saturated rings. The first-order valence-electron chi connectivity index (χ1n) is 6.73. The van der Waals surface area contributed by atoms with Gasteiger partial charge in [-0.1, -0.05) is 12.8 Å². The second-order valence-electron chi connectivity index (χ2n) is 5.55. The van der Waals surface area contributed by atoms with Crippen LogP contribution in [0.3, 0.4) is 0 Å². The van der Waals surface area contributed by atoms with Crippen LogP contribution in [0.1, 0.15) is 31.2 Å². The van der Waals surface area contributed by atoms with E-state index >= 15 is 0 Å². The lowest BCUT2D eigenvalue weighted by Gasteiger charge is -2.30. The van der Waals surface area contributed by atoms with E-state index in [1.165, 1.54) is 7.11 Å². The van der Waals surface area contributed by atoms with Gasteiger partial charge in [-0.2, -0.15) is 0 Å². The smallest absolute Gasteiger partial charge is 0.186 e. The monoisotopic (exact) mass is 319 g/mol. The molecule has 21 heavy (non-hydrogen) atoms. The van der Waals surface area contributed by atoms with Crippen LogP contribution in [0.5, 0.6) is 5.75 Å². The molecule has 7 heteroatoms. The molecule has 0 heterocycles. The van der Waals surface area contributed by atoms with E-state index in [-0.39, 0.29) is 12.3 Å². The second-order valence-corrected chi connectivity index (χ2v) is 7.50. The highest BCUT2D eigenvalue weighted by Gasteiger charge is 2.39. The Labute approximate surface area is 123 Å². The fourth-order valence-corrected chi connectivity index (χ4v) is 3.98. The zero-order chi connectivity index (χ0) is 15.8. The lowest BCUT2D eigenvalue weighted by atomic mass is 9.78. The van der Waals surface area contributed by atoms with Gasteiger partial charge in [0, 0.05) is 23.8 Å². The van der Waals surface area contributed by atoms with E-state index in [0.29, 0.717) is 18.4 Å². The van der Waals surface area contributed by atoms with Crippen LogP contribution in [-0.2, 0) is 15.3 Å². The number of hydrogen-bond donors (Lipinski definition) is 1. The van der Waals surface area contributed by atoms with Gasteiger partial charge in [0.1, 0.15) is 10.7 Å². The third-order valence-corrected chi connectivity index (χ3v) is 5.34. The number of sulfone groups is 1. The van der Waals surface area contributed by atoms with E-state index in [1.54, 1.807) is 0 Å². The molecule has 1 aromatic carbocycles. The molecule has 0 bridgehead atoms. The fraction of sp³-hybridized carbons (Fsp3) is 0.571. The molecule has 0 amide bonds. The Morgan fingerprint density at radius 3 is 2.33 bits per heavy atom. The van der Waals surface area contributed by atoms with E-state index in [2.05, 4.69) is 0 Å². The Bertz CT molecular complexity index is 653. The maximum absolute atomic E-state index is 14.5. The van der Waals surface area contributed by atoms with E-state index in [9.17, 15) is 17.2 Å². The van der Waals surface area contributed by atoms with E-state index in [4.69, 9.17) is 10.5 Å². The average molecular weight is 319 g/mol. The summed E-state index contributed by atoms with van der Waals surface area (Å²) in [5, 5.41) is 0. The van der Waals surface area contributed by atoms with Crippen LogP contribution < -0.4 is 10.5 Å². The van der Waals surface area contributed by atoms with Gasteiger partial charge in [-0.3, -0.25) is 0 Å². The van der Waals surface area contributed by atoms with Crippen molar-refractivity contribution in [1.82, 2.24) is 0 Å². The Kier molecular flexibility index (Phi) is 4.26. The van der Waals surface area contributed by atoms with Gasteiger partial charge in [0.05, 0.1) is 7.11 Å². The Morgan fingerprint density at radius 1 is 1.33 bits per heavy atom. The number of nitrogens with two attached hydrogens (primary N) is 1. The summed E-state index contributed by atoms with van der Waals surface area (Å²) >= 11 is 0. The van der Waals surface area contributed by atoms with Gasteiger partial charge in [-0.05, 0) is 18.9 Å². The molecule has 0 saturated heterocycles. The SMILES string of the molecule is COc1c(C2(CN)CCCC2)cc(F)c(S(C)(=O)=O)c1F. The molecular weight excluding hydrogens is 300 g/mol. The van der Waals surface area contributed by atoms with Crippen LogP contribution in [-0.4, -0.2) is 28.3 Å². The minimum absolute atomic E-state index is 0.218. The number of rotatable bonds is 4. The summed E-state index contributed by atoms with van der Waals surface area (Å²) in [5.41, 5.74) is 5.60. The maximum Gasteiger partial charge on any atom is 0.186 e. The highest BCUT2D eigenvalue weighted by Crippen LogP contribution is 2.46. The van der Waals surface area contributed by atoms with Crippen molar-refractivity contribution in [1.29, 1.82) is 0 Å². The average Bonchev–Trinajstić information content (AvgIpc) is 2.86. The number of benzene rings is 1. The van der Waals surface area contributed by atoms with Crippen LogP contribution in [0.2, 0.25) is 0 Å². The molecule has 1 saturated carbocycles. The number of hydrogen-bond acceptors (Lipinski definition) is 4. The number of methoxy groups -OCH3 is 1. The molecule has 0 spiro atoms. The van der Waals surface area contributed by atoms with Gasteiger partial charge in [0.25, 0.3) is 0 Å². The van der Waals surface area contributed by atoms with E-state index in [1.807, 2.05) is 0 Å². The molecule has 1 aromatic rings. The van der Waals surface area contributed by atoms with Crippen LogP contribution in [0.25, 0.3) is 0 Å². The zero-order valence-corrected chi connectivity index (χ0v) is 12.9. The van der Waals surface area contributed by atoms with Crippen molar-refractivity contribution in [2.75, 3.05) is 19.9 Å². The van der Waals surface area contributed by atoms with Crippen molar-refractivity contribution in [3.63, 3.8) is 0 Å². The third kappa shape index (κ3) is 2.64. The lowest BCUT2D eigenvalue weighted by molar-refractivity contribution is 0.345. The first-order valence-corrected chi connectivity index (χ1v) is 8.62. The van der Waals surface area contributed by atoms with Crippen molar-refractivity contribution in [3.05, 3.63) is 23.3 Å². The fourth-order valence-electron chi connectivity index (χ4n) is 3.15. The van der Waals surface area contributed by atoms with Crippen LogP contribution >= 0.6 is 0 Å². The van der Waals surface area contributed by atoms with Crippen LogP contribution in [0.4, 0.5) is 8.78 Å². The Hall–Kier alpha value is -1.21. The molecule has 0 aromatic heterocycles. The minimum Gasteiger partial charge on any atom is -0.493 e. The van der Waals surface area contributed by atoms with Crippen molar-refractivity contribution >= 4 is 9.84 Å². The quantitative estimate of drug-likeness (QED) is 0.923. The molecule has 2 N–H and O–H groups in total. The van der Waals surface area contributed by atoms with Gasteiger partial charge in [-0.15, -0.1) is 0 Å². The minimum atomic E-state index is -4.02. The first kappa shape index (κ1) is 16.2. The summed E-state index contributed by atoms with van der Waals surface area (Å²) < 4.78 is 56.8. The first-order chi connectivity index (χ1) is 9.77. The molecule has 2 rings (SSSR count). The van der Waals surface area contributed by atoms with Gasteiger partial charge >= 0.3 is 0 Å². The summed E-state index contributed by atoms with van der Waals surface area (Å²) in [6.07, 6.45) is 4.00. The van der Waals surface area contributed by atoms with Gasteiger partial charge in [-0.25, -0.2) is 17.2 Å². The summed E-state index contributed by atoms with van der Waals surface area (Å²) in [4.78, 5) is -0.951. The van der Waals surface area contributed by atoms with Crippen molar-refractivity contribution in [2.24, 2.45) is 5.73 Å². The molecule has 0 aliphatic heterocycles. The molecule has 118 valence electrons. The summed E-state index contributed by atoms with van der Waals surface area (Å²) in [6, 6.07) is 1.07. The molecule has 1 aliphatic rings. The predicted octanol–water partition coefficient (Wildman–Crippen LogP) is 2.15. The lowest BCUT2D eigenvalue weighted by Crippen LogP contribution is -2.33. The summed E-state index contributed by atoms with van der Waals surface area (Å²) in [7, 11) is -2.78. The topological polar surface area (TPSA) is 69.4 Å². The molecule has 0 unspecified atom stereocenters.